The Kier molecular flexibility index (Phi) is 4.31. The van der Waals surface area contributed by atoms with E-state index in [-0.39, 0.29) is 5.75 Å². The van der Waals surface area contributed by atoms with Crippen molar-refractivity contribution in [1.29, 1.82) is 0 Å². The summed E-state index contributed by atoms with van der Waals surface area (Å²) in [5.74, 6) is 0.596. The van der Waals surface area contributed by atoms with E-state index in [0.29, 0.717) is 23.4 Å². The van der Waals surface area contributed by atoms with Crippen molar-refractivity contribution in [2.75, 3.05) is 11.9 Å². The zero-order chi connectivity index (χ0) is 20.7. The van der Waals surface area contributed by atoms with Gasteiger partial charge in [0.05, 0.1) is 18.1 Å². The maximum absolute atomic E-state index is 13.7. The second-order valence-electron chi connectivity index (χ2n) is 7.20. The third-order valence-corrected chi connectivity index (χ3v) is 5.10. The Morgan fingerprint density at radius 3 is 2.93 bits per heavy atom. The van der Waals surface area contributed by atoms with E-state index in [9.17, 15) is 9.50 Å². The lowest BCUT2D eigenvalue weighted by Gasteiger charge is -2.11. The predicted octanol–water partition coefficient (Wildman–Crippen LogP) is 4.08. The number of aromatic amines is 1. The Labute approximate surface area is 171 Å². The average Bonchev–Trinajstić information content (AvgIpc) is 3.31. The number of phenolic OH excluding ortho intramolecular Hbond substituents is 1. The van der Waals surface area contributed by atoms with Crippen LogP contribution in [0.3, 0.4) is 0 Å². The van der Waals surface area contributed by atoms with Gasteiger partial charge in [-0.25, -0.2) is 9.37 Å². The molecule has 0 unspecified atom stereocenters. The summed E-state index contributed by atoms with van der Waals surface area (Å²) in [6, 6.07) is 8.55. The smallest absolute Gasteiger partial charge is 0.160 e. The summed E-state index contributed by atoms with van der Waals surface area (Å²) in [5, 5.41) is 18.6. The molecule has 0 amide bonds. The summed E-state index contributed by atoms with van der Waals surface area (Å²) in [7, 11) is 0. The molecule has 1 aromatic carbocycles. The van der Waals surface area contributed by atoms with Gasteiger partial charge < -0.3 is 15.4 Å². The molecular formula is C22H19FN6O. The van der Waals surface area contributed by atoms with Crippen molar-refractivity contribution in [3.63, 3.8) is 0 Å². The van der Waals surface area contributed by atoms with Crippen molar-refractivity contribution in [3.05, 3.63) is 72.1 Å². The first-order valence-corrected chi connectivity index (χ1v) is 9.57. The molecule has 7 nitrogen and oxygen atoms in total. The molecular weight excluding hydrogens is 383 g/mol. The van der Waals surface area contributed by atoms with E-state index in [1.54, 1.807) is 29.0 Å². The van der Waals surface area contributed by atoms with Gasteiger partial charge in [0, 0.05) is 47.0 Å². The van der Waals surface area contributed by atoms with Gasteiger partial charge in [0.15, 0.2) is 5.65 Å². The van der Waals surface area contributed by atoms with Crippen molar-refractivity contribution < 1.29 is 9.50 Å². The van der Waals surface area contributed by atoms with Crippen LogP contribution in [0, 0.1) is 12.7 Å². The van der Waals surface area contributed by atoms with Crippen molar-refractivity contribution in [2.45, 2.75) is 13.3 Å². The number of nitrogens with one attached hydrogen (secondary N) is 2. The number of fused-ring (bicyclic) bond motifs is 2. The van der Waals surface area contributed by atoms with Crippen LogP contribution in [-0.2, 0) is 6.42 Å². The fourth-order valence-corrected chi connectivity index (χ4v) is 3.60. The van der Waals surface area contributed by atoms with Crippen LogP contribution in [0.5, 0.6) is 5.75 Å². The minimum Gasteiger partial charge on any atom is -0.508 e. The van der Waals surface area contributed by atoms with Crippen LogP contribution in [0.25, 0.3) is 27.8 Å². The third kappa shape index (κ3) is 3.22. The zero-order valence-corrected chi connectivity index (χ0v) is 16.2. The molecule has 5 aromatic rings. The molecule has 150 valence electrons. The molecule has 5 rings (SSSR count). The van der Waals surface area contributed by atoms with Crippen LogP contribution in [0.2, 0.25) is 0 Å². The van der Waals surface area contributed by atoms with Gasteiger partial charge in [-0.3, -0.25) is 4.98 Å². The van der Waals surface area contributed by atoms with Gasteiger partial charge >= 0.3 is 0 Å². The summed E-state index contributed by atoms with van der Waals surface area (Å²) in [6.07, 6.45) is 7.21. The minimum absolute atomic E-state index is 0.243. The number of rotatable bonds is 5. The molecule has 0 saturated heterocycles. The molecule has 4 aromatic heterocycles. The normalized spacial score (nSPS) is 11.4. The number of hydrogen-bond donors (Lipinski definition) is 3. The van der Waals surface area contributed by atoms with E-state index in [1.807, 2.05) is 25.3 Å². The summed E-state index contributed by atoms with van der Waals surface area (Å²) in [5.41, 5.74) is 4.95. The Bertz CT molecular complexity index is 1370. The Morgan fingerprint density at radius 1 is 1.17 bits per heavy atom. The van der Waals surface area contributed by atoms with Crippen LogP contribution in [0.4, 0.5) is 10.2 Å². The third-order valence-electron chi connectivity index (χ3n) is 5.10. The maximum atomic E-state index is 13.7. The van der Waals surface area contributed by atoms with Gasteiger partial charge in [0.2, 0.25) is 0 Å². The molecule has 0 spiro atoms. The average molecular weight is 402 g/mol. The number of aromatic nitrogens is 5. The highest BCUT2D eigenvalue weighted by atomic mass is 19.1. The van der Waals surface area contributed by atoms with Crippen molar-refractivity contribution >= 4 is 22.4 Å². The maximum Gasteiger partial charge on any atom is 0.160 e. The van der Waals surface area contributed by atoms with Crippen LogP contribution >= 0.6 is 0 Å². The highest BCUT2D eigenvalue weighted by Crippen LogP contribution is 2.25. The lowest BCUT2D eigenvalue weighted by molar-refractivity contribution is 0.476. The van der Waals surface area contributed by atoms with Gasteiger partial charge in [-0.2, -0.15) is 9.61 Å². The molecule has 0 atom stereocenters. The van der Waals surface area contributed by atoms with Crippen molar-refractivity contribution in [2.24, 2.45) is 0 Å². The lowest BCUT2D eigenvalue weighted by atomic mass is 10.1. The summed E-state index contributed by atoms with van der Waals surface area (Å²) in [4.78, 5) is 11.8. The topological polar surface area (TPSA) is 91.1 Å². The number of benzene rings is 1. The number of aromatic hydroxyl groups is 1. The fraction of sp³-hybridized carbons (Fsp3) is 0.136. The van der Waals surface area contributed by atoms with Gasteiger partial charge in [-0.15, -0.1) is 0 Å². The van der Waals surface area contributed by atoms with E-state index >= 15 is 0 Å². The number of pyridine rings is 1. The van der Waals surface area contributed by atoms with Crippen molar-refractivity contribution in [1.82, 2.24) is 24.6 Å². The first-order chi connectivity index (χ1) is 14.6. The Hall–Kier alpha value is -3.94. The second kappa shape index (κ2) is 7.14. The first-order valence-electron chi connectivity index (χ1n) is 9.57. The Morgan fingerprint density at radius 2 is 2.07 bits per heavy atom. The molecule has 0 saturated carbocycles. The van der Waals surface area contributed by atoms with Gasteiger partial charge in [-0.05, 0) is 43.2 Å². The number of aryl methyl sites for hydroxylation is 1. The van der Waals surface area contributed by atoms with Crippen LogP contribution < -0.4 is 5.32 Å². The quantitative estimate of drug-likeness (QED) is 0.412. The fourth-order valence-electron chi connectivity index (χ4n) is 3.60. The van der Waals surface area contributed by atoms with Crippen LogP contribution in [-0.4, -0.2) is 36.2 Å². The summed E-state index contributed by atoms with van der Waals surface area (Å²) < 4.78 is 15.4. The first kappa shape index (κ1) is 18.1. The molecule has 3 N–H and O–H groups in total. The number of H-pyrrole nitrogens is 1. The number of nitrogens with zero attached hydrogens (tertiary/aromatic N) is 4. The molecule has 0 aliphatic carbocycles. The SMILES string of the molecule is Cc1cnn2c(NCCc3c[nH]c4ccc(O)cc34)cc(-c3cncc(F)c3)nc12. The zero-order valence-electron chi connectivity index (χ0n) is 16.2. The van der Waals surface area contributed by atoms with Gasteiger partial charge in [0.25, 0.3) is 0 Å². The van der Waals surface area contributed by atoms with E-state index in [1.165, 1.54) is 12.3 Å². The standard InChI is InChI=1S/C22H19FN6O/c1-13-9-27-29-21(8-20(28-22(13)29)15-6-16(23)12-24-10-15)25-5-4-14-11-26-19-3-2-17(30)7-18(14)19/h2-3,6-12,25-26,30H,4-5H2,1H3. The van der Waals surface area contributed by atoms with Crippen LogP contribution in [0.15, 0.2) is 55.1 Å². The molecule has 30 heavy (non-hydrogen) atoms. The molecule has 0 aliphatic rings. The summed E-state index contributed by atoms with van der Waals surface area (Å²) >= 11 is 0. The predicted molar refractivity (Wildman–Crippen MR) is 113 cm³/mol. The lowest BCUT2D eigenvalue weighted by Crippen LogP contribution is -2.10. The van der Waals surface area contributed by atoms with Crippen molar-refractivity contribution in [3.8, 4) is 17.0 Å². The highest BCUT2D eigenvalue weighted by Gasteiger charge is 2.12. The molecule has 4 heterocycles. The second-order valence-corrected chi connectivity index (χ2v) is 7.20. The molecule has 0 aliphatic heterocycles. The highest BCUT2D eigenvalue weighted by molar-refractivity contribution is 5.84. The van der Waals surface area contributed by atoms with Gasteiger partial charge in [-0.1, -0.05) is 0 Å². The monoisotopic (exact) mass is 402 g/mol. The molecule has 0 bridgehead atoms. The van der Waals surface area contributed by atoms with Gasteiger partial charge in [0.1, 0.15) is 17.4 Å². The van der Waals surface area contributed by atoms with Crippen LogP contribution in [0.1, 0.15) is 11.1 Å². The number of halogens is 1. The minimum atomic E-state index is -0.406. The largest absolute Gasteiger partial charge is 0.508 e. The van der Waals surface area contributed by atoms with E-state index < -0.39 is 5.82 Å². The Balaban J connectivity index is 1.45. The van der Waals surface area contributed by atoms with E-state index in [4.69, 9.17) is 0 Å². The van der Waals surface area contributed by atoms with E-state index in [0.717, 1.165) is 34.3 Å². The number of phenols is 1. The molecule has 0 radical (unpaired) electrons. The number of anilines is 1. The molecule has 8 heteroatoms. The van der Waals surface area contributed by atoms with E-state index in [2.05, 4.69) is 25.4 Å². The summed E-state index contributed by atoms with van der Waals surface area (Å²) in [6.45, 7) is 2.58. The molecule has 0 fully saturated rings. The number of hydrogen-bond acceptors (Lipinski definition) is 5.